The summed E-state index contributed by atoms with van der Waals surface area (Å²) < 4.78 is 5.15. The number of thiazole rings is 1. The lowest BCUT2D eigenvalue weighted by Gasteiger charge is -2.21. The van der Waals surface area contributed by atoms with E-state index in [1.165, 1.54) is 5.56 Å². The Morgan fingerprint density at radius 2 is 1.73 bits per heavy atom. The zero-order valence-corrected chi connectivity index (χ0v) is 15.8. The lowest BCUT2D eigenvalue weighted by molar-refractivity contribution is 0.0680. The second-order valence-corrected chi connectivity index (χ2v) is 7.07. The average molecular weight is 366 g/mol. The Morgan fingerprint density at radius 1 is 1.08 bits per heavy atom. The van der Waals surface area contributed by atoms with Crippen LogP contribution in [0.15, 0.2) is 60.1 Å². The third-order valence-corrected chi connectivity index (χ3v) is 4.94. The molecule has 26 heavy (non-hydrogen) atoms. The number of methoxy groups -OCH3 is 1. The smallest absolute Gasteiger partial charge is 0.254 e. The van der Waals surface area contributed by atoms with Crippen LogP contribution >= 0.6 is 11.3 Å². The summed E-state index contributed by atoms with van der Waals surface area (Å²) in [5.74, 6) is -0.00675. The summed E-state index contributed by atoms with van der Waals surface area (Å²) in [7, 11) is 1.64. The largest absolute Gasteiger partial charge is 0.383 e. The van der Waals surface area contributed by atoms with E-state index in [4.69, 9.17) is 4.74 Å². The second kappa shape index (κ2) is 8.74. The fraction of sp³-hybridized carbons (Fsp3) is 0.238. The number of aromatic nitrogens is 1. The molecule has 1 aromatic heterocycles. The van der Waals surface area contributed by atoms with Crippen molar-refractivity contribution < 1.29 is 9.53 Å². The minimum absolute atomic E-state index is 0.00675. The van der Waals surface area contributed by atoms with Crippen LogP contribution in [-0.4, -0.2) is 36.1 Å². The Morgan fingerprint density at radius 3 is 2.31 bits per heavy atom. The first-order valence-electron chi connectivity index (χ1n) is 8.51. The van der Waals surface area contributed by atoms with Gasteiger partial charge in [-0.15, -0.1) is 11.3 Å². The van der Waals surface area contributed by atoms with Crippen molar-refractivity contribution >= 4 is 17.2 Å². The van der Waals surface area contributed by atoms with E-state index in [9.17, 15) is 4.79 Å². The Bertz CT molecular complexity index is 827. The van der Waals surface area contributed by atoms with Crippen molar-refractivity contribution in [3.8, 4) is 11.1 Å². The number of carbonyl (C=O) groups excluding carboxylic acids is 1. The van der Waals surface area contributed by atoms with Crippen molar-refractivity contribution in [3.05, 3.63) is 76.2 Å². The average Bonchev–Trinajstić information content (AvgIpc) is 3.18. The van der Waals surface area contributed by atoms with E-state index in [0.29, 0.717) is 25.3 Å². The number of aryl methyl sites for hydroxylation is 1. The van der Waals surface area contributed by atoms with Gasteiger partial charge in [-0.05, 0) is 30.2 Å². The molecule has 0 atom stereocenters. The molecule has 3 rings (SSSR count). The first-order chi connectivity index (χ1) is 12.7. The molecule has 3 aromatic rings. The van der Waals surface area contributed by atoms with Gasteiger partial charge in [0, 0.05) is 30.8 Å². The maximum atomic E-state index is 12.9. The normalized spacial score (nSPS) is 10.7. The van der Waals surface area contributed by atoms with Crippen molar-refractivity contribution in [2.45, 2.75) is 13.5 Å². The molecule has 0 unspecified atom stereocenters. The summed E-state index contributed by atoms with van der Waals surface area (Å²) in [4.78, 5) is 19.0. The van der Waals surface area contributed by atoms with Gasteiger partial charge in [0.15, 0.2) is 0 Å². The molecule has 0 bridgehead atoms. The molecule has 5 heteroatoms. The van der Waals surface area contributed by atoms with E-state index in [2.05, 4.69) is 36.2 Å². The highest BCUT2D eigenvalue weighted by molar-refractivity contribution is 7.09. The van der Waals surface area contributed by atoms with Gasteiger partial charge < -0.3 is 9.64 Å². The SMILES string of the molecule is COCCN(Cc1nccs1)C(=O)c1ccc(-c2ccc(C)cc2)cc1. The van der Waals surface area contributed by atoms with Crippen LogP contribution in [0.4, 0.5) is 0 Å². The fourth-order valence-electron chi connectivity index (χ4n) is 2.68. The number of hydrogen-bond donors (Lipinski definition) is 0. The standard InChI is InChI=1S/C21H22N2O2S/c1-16-3-5-17(6-4-16)18-7-9-19(10-8-18)21(24)23(12-13-25-2)15-20-22-11-14-26-20/h3-11,14H,12-13,15H2,1-2H3. The number of benzene rings is 2. The van der Waals surface area contributed by atoms with Crippen molar-refractivity contribution in [2.24, 2.45) is 0 Å². The van der Waals surface area contributed by atoms with Crippen molar-refractivity contribution in [1.29, 1.82) is 0 Å². The molecule has 0 N–H and O–H groups in total. The first kappa shape index (κ1) is 18.3. The molecule has 0 aliphatic rings. The molecule has 0 saturated carbocycles. The van der Waals surface area contributed by atoms with Gasteiger partial charge in [-0.1, -0.05) is 42.0 Å². The maximum Gasteiger partial charge on any atom is 0.254 e. The quantitative estimate of drug-likeness (QED) is 0.622. The third-order valence-electron chi connectivity index (χ3n) is 4.18. The molecule has 0 spiro atoms. The summed E-state index contributed by atoms with van der Waals surface area (Å²) in [5, 5.41) is 2.84. The predicted octanol–water partition coefficient (Wildman–Crippen LogP) is 4.41. The Labute approximate surface area is 158 Å². The van der Waals surface area contributed by atoms with Crippen LogP contribution in [0.2, 0.25) is 0 Å². The summed E-state index contributed by atoms with van der Waals surface area (Å²) in [6.07, 6.45) is 1.76. The van der Waals surface area contributed by atoms with Crippen molar-refractivity contribution in [3.63, 3.8) is 0 Å². The van der Waals surface area contributed by atoms with E-state index in [0.717, 1.165) is 16.1 Å². The number of hydrogen-bond acceptors (Lipinski definition) is 4. The number of amides is 1. The van der Waals surface area contributed by atoms with Gasteiger partial charge >= 0.3 is 0 Å². The molecule has 0 aliphatic carbocycles. The van der Waals surface area contributed by atoms with Gasteiger partial charge in [0.05, 0.1) is 13.2 Å². The van der Waals surface area contributed by atoms with E-state index in [1.807, 2.05) is 29.6 Å². The van der Waals surface area contributed by atoms with Gasteiger partial charge in [-0.2, -0.15) is 0 Å². The summed E-state index contributed by atoms with van der Waals surface area (Å²) in [6, 6.07) is 16.1. The molecule has 2 aromatic carbocycles. The minimum Gasteiger partial charge on any atom is -0.383 e. The lowest BCUT2D eigenvalue weighted by Crippen LogP contribution is -2.33. The Kier molecular flexibility index (Phi) is 6.15. The van der Waals surface area contributed by atoms with Crippen LogP contribution in [0.1, 0.15) is 20.9 Å². The maximum absolute atomic E-state index is 12.9. The molecule has 0 radical (unpaired) electrons. The molecule has 1 heterocycles. The lowest BCUT2D eigenvalue weighted by atomic mass is 10.0. The van der Waals surface area contributed by atoms with Crippen LogP contribution in [0.5, 0.6) is 0 Å². The third kappa shape index (κ3) is 4.56. The second-order valence-electron chi connectivity index (χ2n) is 6.09. The van der Waals surface area contributed by atoms with Crippen molar-refractivity contribution in [1.82, 2.24) is 9.88 Å². The zero-order chi connectivity index (χ0) is 18.4. The molecule has 4 nitrogen and oxygen atoms in total. The molecule has 0 fully saturated rings. The van der Waals surface area contributed by atoms with Gasteiger partial charge in [-0.3, -0.25) is 4.79 Å². The Hall–Kier alpha value is -2.50. The van der Waals surface area contributed by atoms with Crippen LogP contribution in [-0.2, 0) is 11.3 Å². The van der Waals surface area contributed by atoms with Gasteiger partial charge in [0.2, 0.25) is 0 Å². The predicted molar refractivity (Wildman–Crippen MR) is 105 cm³/mol. The van der Waals surface area contributed by atoms with Crippen LogP contribution < -0.4 is 0 Å². The summed E-state index contributed by atoms with van der Waals surface area (Å²) in [6.45, 7) is 3.61. The number of nitrogens with zero attached hydrogens (tertiary/aromatic N) is 2. The highest BCUT2D eigenvalue weighted by Gasteiger charge is 2.17. The zero-order valence-electron chi connectivity index (χ0n) is 15.0. The van der Waals surface area contributed by atoms with Gasteiger partial charge in [0.1, 0.15) is 5.01 Å². The minimum atomic E-state index is -0.00675. The molecule has 1 amide bonds. The van der Waals surface area contributed by atoms with E-state index in [-0.39, 0.29) is 5.91 Å². The summed E-state index contributed by atoms with van der Waals surface area (Å²) >= 11 is 1.55. The fourth-order valence-corrected chi connectivity index (χ4v) is 3.31. The molecule has 0 saturated heterocycles. The topological polar surface area (TPSA) is 42.4 Å². The highest BCUT2D eigenvalue weighted by atomic mass is 32.1. The van der Waals surface area contributed by atoms with Gasteiger partial charge in [0.25, 0.3) is 5.91 Å². The van der Waals surface area contributed by atoms with Gasteiger partial charge in [-0.25, -0.2) is 4.98 Å². The van der Waals surface area contributed by atoms with E-state index >= 15 is 0 Å². The number of ether oxygens (including phenoxy) is 1. The molecule has 0 aliphatic heterocycles. The molecular formula is C21H22N2O2S. The summed E-state index contributed by atoms with van der Waals surface area (Å²) in [5.41, 5.74) is 4.16. The molecular weight excluding hydrogens is 344 g/mol. The Balaban J connectivity index is 1.76. The van der Waals surface area contributed by atoms with E-state index < -0.39 is 0 Å². The van der Waals surface area contributed by atoms with Crippen LogP contribution in [0, 0.1) is 6.92 Å². The molecule has 134 valence electrons. The monoisotopic (exact) mass is 366 g/mol. The number of carbonyl (C=O) groups is 1. The van der Waals surface area contributed by atoms with E-state index in [1.54, 1.807) is 29.5 Å². The number of rotatable bonds is 7. The first-order valence-corrected chi connectivity index (χ1v) is 9.39. The van der Waals surface area contributed by atoms with Crippen LogP contribution in [0.3, 0.4) is 0 Å². The van der Waals surface area contributed by atoms with Crippen LogP contribution in [0.25, 0.3) is 11.1 Å². The highest BCUT2D eigenvalue weighted by Crippen LogP contribution is 2.21. The van der Waals surface area contributed by atoms with Crippen molar-refractivity contribution in [2.75, 3.05) is 20.3 Å².